The SMILES string of the molecule is CCOC(=O)c1ccc(-c2nccnc2C)nc1CC. The predicted octanol–water partition coefficient (Wildman–Crippen LogP) is 2.59. The summed E-state index contributed by atoms with van der Waals surface area (Å²) >= 11 is 0. The minimum atomic E-state index is -0.334. The molecule has 0 atom stereocenters. The van der Waals surface area contributed by atoms with Crippen LogP contribution in [0.1, 0.15) is 35.6 Å². The zero-order valence-corrected chi connectivity index (χ0v) is 11.9. The van der Waals surface area contributed by atoms with Gasteiger partial charge in [0.1, 0.15) is 5.69 Å². The van der Waals surface area contributed by atoms with Gasteiger partial charge in [0, 0.05) is 12.4 Å². The van der Waals surface area contributed by atoms with E-state index < -0.39 is 0 Å². The highest BCUT2D eigenvalue weighted by Crippen LogP contribution is 2.20. The van der Waals surface area contributed by atoms with Crippen LogP contribution >= 0.6 is 0 Å². The van der Waals surface area contributed by atoms with Gasteiger partial charge in [-0.25, -0.2) is 4.79 Å². The van der Waals surface area contributed by atoms with Crippen molar-refractivity contribution in [1.29, 1.82) is 0 Å². The first-order chi connectivity index (χ1) is 9.67. The Morgan fingerprint density at radius 1 is 1.20 bits per heavy atom. The van der Waals surface area contributed by atoms with Gasteiger partial charge in [0.15, 0.2) is 0 Å². The quantitative estimate of drug-likeness (QED) is 0.800. The number of carbonyl (C=O) groups excluding carboxylic acids is 1. The molecule has 0 aliphatic rings. The fraction of sp³-hybridized carbons (Fsp3) is 0.333. The largest absolute Gasteiger partial charge is 0.462 e. The molecule has 20 heavy (non-hydrogen) atoms. The molecule has 0 aliphatic carbocycles. The van der Waals surface area contributed by atoms with Crippen LogP contribution in [-0.2, 0) is 11.2 Å². The zero-order chi connectivity index (χ0) is 14.5. The van der Waals surface area contributed by atoms with E-state index >= 15 is 0 Å². The minimum Gasteiger partial charge on any atom is -0.462 e. The first-order valence-electron chi connectivity index (χ1n) is 6.62. The van der Waals surface area contributed by atoms with Crippen LogP contribution < -0.4 is 0 Å². The van der Waals surface area contributed by atoms with Gasteiger partial charge in [-0.2, -0.15) is 0 Å². The number of carbonyl (C=O) groups is 1. The molecule has 0 saturated heterocycles. The standard InChI is InChI=1S/C15H17N3O2/c1-4-12-11(15(19)20-5-2)6-7-13(18-12)14-10(3)16-8-9-17-14/h6-9H,4-5H2,1-3H3. The number of hydrogen-bond donors (Lipinski definition) is 0. The maximum atomic E-state index is 11.8. The van der Waals surface area contributed by atoms with Gasteiger partial charge in [0.05, 0.1) is 29.3 Å². The average Bonchev–Trinajstić information content (AvgIpc) is 2.47. The van der Waals surface area contributed by atoms with Crippen LogP contribution in [0.3, 0.4) is 0 Å². The van der Waals surface area contributed by atoms with E-state index in [1.54, 1.807) is 31.5 Å². The van der Waals surface area contributed by atoms with Crippen molar-refractivity contribution in [1.82, 2.24) is 15.0 Å². The molecule has 0 fully saturated rings. The first kappa shape index (κ1) is 14.1. The van der Waals surface area contributed by atoms with Crippen LogP contribution in [0, 0.1) is 6.92 Å². The maximum absolute atomic E-state index is 11.8. The van der Waals surface area contributed by atoms with E-state index in [1.807, 2.05) is 13.8 Å². The number of ether oxygens (including phenoxy) is 1. The van der Waals surface area contributed by atoms with E-state index in [-0.39, 0.29) is 5.97 Å². The molecular weight excluding hydrogens is 254 g/mol. The molecule has 0 unspecified atom stereocenters. The molecule has 0 aliphatic heterocycles. The lowest BCUT2D eigenvalue weighted by Gasteiger charge is -2.09. The highest BCUT2D eigenvalue weighted by molar-refractivity contribution is 5.91. The summed E-state index contributed by atoms with van der Waals surface area (Å²) in [5.41, 5.74) is 3.50. The van der Waals surface area contributed by atoms with Crippen molar-refractivity contribution in [2.75, 3.05) is 6.61 Å². The first-order valence-corrected chi connectivity index (χ1v) is 6.62. The Bertz CT molecular complexity index is 626. The number of aromatic nitrogens is 3. The van der Waals surface area contributed by atoms with Crippen molar-refractivity contribution in [3.05, 3.63) is 41.5 Å². The molecule has 0 saturated carbocycles. The summed E-state index contributed by atoms with van der Waals surface area (Å²) < 4.78 is 5.03. The summed E-state index contributed by atoms with van der Waals surface area (Å²) in [6.45, 7) is 5.98. The van der Waals surface area contributed by atoms with Crippen LogP contribution in [0.25, 0.3) is 11.4 Å². The lowest BCUT2D eigenvalue weighted by molar-refractivity contribution is 0.0524. The Morgan fingerprint density at radius 3 is 2.60 bits per heavy atom. The fourth-order valence-corrected chi connectivity index (χ4v) is 1.96. The van der Waals surface area contributed by atoms with Gasteiger partial charge in [-0.15, -0.1) is 0 Å². The van der Waals surface area contributed by atoms with Crippen LogP contribution in [0.2, 0.25) is 0 Å². The number of hydrogen-bond acceptors (Lipinski definition) is 5. The van der Waals surface area contributed by atoms with Gasteiger partial charge in [0.2, 0.25) is 0 Å². The van der Waals surface area contributed by atoms with Crippen molar-refractivity contribution in [3.8, 4) is 11.4 Å². The molecule has 2 aromatic heterocycles. The van der Waals surface area contributed by atoms with E-state index in [2.05, 4.69) is 15.0 Å². The van der Waals surface area contributed by atoms with Gasteiger partial charge in [-0.1, -0.05) is 6.92 Å². The summed E-state index contributed by atoms with van der Waals surface area (Å²) in [4.78, 5) is 24.9. The molecule has 0 radical (unpaired) electrons. The van der Waals surface area contributed by atoms with E-state index in [9.17, 15) is 4.79 Å². The van der Waals surface area contributed by atoms with Crippen LogP contribution in [0.15, 0.2) is 24.5 Å². The van der Waals surface area contributed by atoms with Gasteiger partial charge in [-0.05, 0) is 32.4 Å². The topological polar surface area (TPSA) is 65.0 Å². The molecule has 2 heterocycles. The van der Waals surface area contributed by atoms with Crippen molar-refractivity contribution in [2.24, 2.45) is 0 Å². The number of pyridine rings is 1. The van der Waals surface area contributed by atoms with Crippen molar-refractivity contribution in [2.45, 2.75) is 27.2 Å². The Kier molecular flexibility index (Phi) is 4.40. The van der Waals surface area contributed by atoms with E-state index in [0.29, 0.717) is 24.3 Å². The van der Waals surface area contributed by atoms with Gasteiger partial charge >= 0.3 is 5.97 Å². The van der Waals surface area contributed by atoms with Crippen LogP contribution in [0.5, 0.6) is 0 Å². The monoisotopic (exact) mass is 271 g/mol. The van der Waals surface area contributed by atoms with Gasteiger partial charge in [-0.3, -0.25) is 15.0 Å². The summed E-state index contributed by atoms with van der Waals surface area (Å²) in [5, 5.41) is 0. The van der Waals surface area contributed by atoms with Crippen LogP contribution in [0.4, 0.5) is 0 Å². The lowest BCUT2D eigenvalue weighted by atomic mass is 10.1. The molecule has 0 amide bonds. The predicted molar refractivity (Wildman–Crippen MR) is 75.3 cm³/mol. The van der Waals surface area contributed by atoms with E-state index in [1.165, 1.54) is 0 Å². The molecule has 0 N–H and O–H groups in total. The molecule has 5 heteroatoms. The second-order valence-electron chi connectivity index (χ2n) is 4.26. The van der Waals surface area contributed by atoms with E-state index in [4.69, 9.17) is 4.74 Å². The molecule has 5 nitrogen and oxygen atoms in total. The summed E-state index contributed by atoms with van der Waals surface area (Å²) in [5.74, 6) is -0.334. The lowest BCUT2D eigenvalue weighted by Crippen LogP contribution is -2.10. The Hall–Kier alpha value is -2.30. The third kappa shape index (κ3) is 2.82. The number of esters is 1. The van der Waals surface area contributed by atoms with Crippen LogP contribution in [-0.4, -0.2) is 27.5 Å². The summed E-state index contributed by atoms with van der Waals surface area (Å²) in [7, 11) is 0. The second-order valence-corrected chi connectivity index (χ2v) is 4.26. The Morgan fingerprint density at radius 2 is 1.95 bits per heavy atom. The van der Waals surface area contributed by atoms with Gasteiger partial charge in [0.25, 0.3) is 0 Å². The number of aryl methyl sites for hydroxylation is 2. The molecule has 0 spiro atoms. The highest BCUT2D eigenvalue weighted by atomic mass is 16.5. The minimum absolute atomic E-state index is 0.334. The number of rotatable bonds is 4. The van der Waals surface area contributed by atoms with Crippen molar-refractivity contribution in [3.63, 3.8) is 0 Å². The average molecular weight is 271 g/mol. The third-order valence-electron chi connectivity index (χ3n) is 2.93. The number of nitrogens with zero attached hydrogens (tertiary/aromatic N) is 3. The third-order valence-corrected chi connectivity index (χ3v) is 2.93. The highest BCUT2D eigenvalue weighted by Gasteiger charge is 2.15. The zero-order valence-electron chi connectivity index (χ0n) is 11.9. The van der Waals surface area contributed by atoms with E-state index in [0.717, 1.165) is 17.1 Å². The molecular formula is C15H17N3O2. The fourth-order valence-electron chi connectivity index (χ4n) is 1.96. The molecule has 0 aromatic carbocycles. The molecule has 2 aromatic rings. The maximum Gasteiger partial charge on any atom is 0.339 e. The summed E-state index contributed by atoms with van der Waals surface area (Å²) in [6.07, 6.45) is 3.93. The second kappa shape index (κ2) is 6.23. The normalized spacial score (nSPS) is 10.3. The molecule has 104 valence electrons. The smallest absolute Gasteiger partial charge is 0.339 e. The van der Waals surface area contributed by atoms with Crippen molar-refractivity contribution >= 4 is 5.97 Å². The molecule has 0 bridgehead atoms. The summed E-state index contributed by atoms with van der Waals surface area (Å²) in [6, 6.07) is 3.52. The Labute approximate surface area is 118 Å². The van der Waals surface area contributed by atoms with Crippen molar-refractivity contribution < 1.29 is 9.53 Å². The van der Waals surface area contributed by atoms with Gasteiger partial charge < -0.3 is 4.74 Å². The Balaban J connectivity index is 2.45. The molecule has 2 rings (SSSR count).